The van der Waals surface area contributed by atoms with Crippen LogP contribution in [0.5, 0.6) is 5.75 Å². The first-order chi connectivity index (χ1) is 8.78. The highest BCUT2D eigenvalue weighted by atomic mass is 32.1. The van der Waals surface area contributed by atoms with Gasteiger partial charge in [-0.05, 0) is 32.9 Å². The number of rotatable bonds is 5. The van der Waals surface area contributed by atoms with Crippen molar-refractivity contribution in [1.29, 1.82) is 0 Å². The SMILES string of the molecule is CCOc1ccc(NC(=O)C(C)(C)C(N)=S)cc1F. The number of nitrogens with two attached hydrogens (primary N) is 1. The van der Waals surface area contributed by atoms with Crippen LogP contribution in [0.1, 0.15) is 20.8 Å². The molecule has 1 rings (SSSR count). The van der Waals surface area contributed by atoms with Gasteiger partial charge in [0.15, 0.2) is 11.6 Å². The Morgan fingerprint density at radius 2 is 2.16 bits per heavy atom. The van der Waals surface area contributed by atoms with Gasteiger partial charge < -0.3 is 15.8 Å². The number of anilines is 1. The van der Waals surface area contributed by atoms with Crippen LogP contribution in [0.2, 0.25) is 0 Å². The van der Waals surface area contributed by atoms with Crippen LogP contribution in [-0.2, 0) is 4.79 Å². The zero-order chi connectivity index (χ0) is 14.6. The number of amides is 1. The van der Waals surface area contributed by atoms with E-state index in [1.807, 2.05) is 0 Å². The molecule has 0 spiro atoms. The van der Waals surface area contributed by atoms with Crippen LogP contribution in [0.4, 0.5) is 10.1 Å². The largest absolute Gasteiger partial charge is 0.491 e. The van der Waals surface area contributed by atoms with E-state index in [1.165, 1.54) is 12.1 Å². The van der Waals surface area contributed by atoms with Gasteiger partial charge in [0.2, 0.25) is 5.91 Å². The topological polar surface area (TPSA) is 64.3 Å². The maximum atomic E-state index is 13.6. The summed E-state index contributed by atoms with van der Waals surface area (Å²) in [5.74, 6) is -0.773. The number of nitrogens with one attached hydrogen (secondary N) is 1. The van der Waals surface area contributed by atoms with E-state index in [2.05, 4.69) is 5.32 Å². The van der Waals surface area contributed by atoms with Gasteiger partial charge >= 0.3 is 0 Å². The van der Waals surface area contributed by atoms with Crippen molar-refractivity contribution in [1.82, 2.24) is 0 Å². The number of thiocarbonyl (C=S) groups is 1. The van der Waals surface area contributed by atoms with Crippen molar-refractivity contribution in [3.8, 4) is 5.75 Å². The first-order valence-electron chi connectivity index (χ1n) is 5.82. The molecular formula is C13H17FN2O2S. The number of carbonyl (C=O) groups excluding carboxylic acids is 1. The Bertz CT molecular complexity index is 503. The highest BCUT2D eigenvalue weighted by Gasteiger charge is 2.31. The second-order valence-electron chi connectivity index (χ2n) is 4.52. The Hall–Kier alpha value is -1.69. The fourth-order valence-electron chi connectivity index (χ4n) is 1.25. The summed E-state index contributed by atoms with van der Waals surface area (Å²) in [4.78, 5) is 12.0. The summed E-state index contributed by atoms with van der Waals surface area (Å²) in [6.07, 6.45) is 0. The first kappa shape index (κ1) is 15.4. The molecule has 0 bridgehead atoms. The maximum Gasteiger partial charge on any atom is 0.236 e. The summed E-state index contributed by atoms with van der Waals surface area (Å²) in [6.45, 7) is 5.35. The number of ether oxygens (including phenoxy) is 1. The van der Waals surface area contributed by atoms with E-state index >= 15 is 0 Å². The molecular weight excluding hydrogens is 267 g/mol. The molecule has 0 unspecified atom stereocenters. The summed E-state index contributed by atoms with van der Waals surface area (Å²) < 4.78 is 18.7. The Morgan fingerprint density at radius 3 is 2.63 bits per heavy atom. The van der Waals surface area contributed by atoms with Crippen molar-refractivity contribution < 1.29 is 13.9 Å². The van der Waals surface area contributed by atoms with Gasteiger partial charge in [-0.25, -0.2) is 4.39 Å². The van der Waals surface area contributed by atoms with Gasteiger partial charge in [-0.2, -0.15) is 0 Å². The lowest BCUT2D eigenvalue weighted by atomic mass is 9.92. The average molecular weight is 284 g/mol. The highest BCUT2D eigenvalue weighted by Crippen LogP contribution is 2.23. The second-order valence-corrected chi connectivity index (χ2v) is 4.96. The normalized spacial score (nSPS) is 10.9. The number of carbonyl (C=O) groups is 1. The Kier molecular flexibility index (Phi) is 4.83. The molecule has 19 heavy (non-hydrogen) atoms. The van der Waals surface area contributed by atoms with Crippen LogP contribution in [-0.4, -0.2) is 17.5 Å². The van der Waals surface area contributed by atoms with Crippen molar-refractivity contribution in [2.75, 3.05) is 11.9 Å². The van der Waals surface area contributed by atoms with E-state index in [9.17, 15) is 9.18 Å². The number of hydrogen-bond acceptors (Lipinski definition) is 3. The first-order valence-corrected chi connectivity index (χ1v) is 6.23. The van der Waals surface area contributed by atoms with E-state index in [1.54, 1.807) is 26.8 Å². The lowest BCUT2D eigenvalue weighted by Gasteiger charge is -2.22. The molecule has 1 aromatic rings. The van der Waals surface area contributed by atoms with E-state index in [-0.39, 0.29) is 16.6 Å². The summed E-state index contributed by atoms with van der Waals surface area (Å²) in [5, 5.41) is 2.57. The smallest absolute Gasteiger partial charge is 0.236 e. The molecule has 1 amide bonds. The molecule has 0 saturated carbocycles. The van der Waals surface area contributed by atoms with Gasteiger partial charge in [0.25, 0.3) is 0 Å². The lowest BCUT2D eigenvalue weighted by molar-refractivity contribution is -0.121. The van der Waals surface area contributed by atoms with Crippen LogP contribution < -0.4 is 15.8 Å². The van der Waals surface area contributed by atoms with Gasteiger partial charge in [0, 0.05) is 11.8 Å². The minimum Gasteiger partial charge on any atom is -0.491 e. The molecule has 104 valence electrons. The van der Waals surface area contributed by atoms with Gasteiger partial charge in [0.1, 0.15) is 0 Å². The predicted octanol–water partition coefficient (Wildman–Crippen LogP) is 2.48. The van der Waals surface area contributed by atoms with E-state index in [4.69, 9.17) is 22.7 Å². The summed E-state index contributed by atoms with van der Waals surface area (Å²) in [7, 11) is 0. The molecule has 0 heterocycles. The van der Waals surface area contributed by atoms with Crippen molar-refractivity contribution in [3.63, 3.8) is 0 Å². The van der Waals surface area contributed by atoms with Crippen molar-refractivity contribution in [2.45, 2.75) is 20.8 Å². The van der Waals surface area contributed by atoms with Gasteiger partial charge in [-0.1, -0.05) is 12.2 Å². The summed E-state index contributed by atoms with van der Waals surface area (Å²) in [6, 6.07) is 4.21. The molecule has 6 heteroatoms. The molecule has 4 nitrogen and oxygen atoms in total. The minimum atomic E-state index is -0.996. The molecule has 0 aliphatic carbocycles. The third-order valence-corrected chi connectivity index (χ3v) is 3.18. The van der Waals surface area contributed by atoms with E-state index in [0.29, 0.717) is 12.3 Å². The van der Waals surface area contributed by atoms with Crippen LogP contribution in [0.15, 0.2) is 18.2 Å². The Balaban J connectivity index is 2.87. The minimum absolute atomic E-state index is 0.0800. The Labute approximate surface area is 117 Å². The van der Waals surface area contributed by atoms with Crippen LogP contribution in [0.3, 0.4) is 0 Å². The summed E-state index contributed by atoms with van der Waals surface area (Å²) in [5.41, 5.74) is 4.83. The zero-order valence-corrected chi connectivity index (χ0v) is 11.9. The molecule has 0 fully saturated rings. The molecule has 0 aromatic heterocycles. The van der Waals surface area contributed by atoms with Gasteiger partial charge in [-0.3, -0.25) is 4.79 Å². The molecule has 0 aliphatic rings. The fourth-order valence-corrected chi connectivity index (χ4v) is 1.34. The lowest BCUT2D eigenvalue weighted by Crippen LogP contribution is -2.41. The van der Waals surface area contributed by atoms with Crippen molar-refractivity contribution >= 4 is 28.8 Å². The second kappa shape index (κ2) is 5.97. The molecule has 0 radical (unpaired) electrons. The predicted molar refractivity (Wildman–Crippen MR) is 76.8 cm³/mol. The van der Waals surface area contributed by atoms with E-state index < -0.39 is 11.2 Å². The van der Waals surface area contributed by atoms with Crippen molar-refractivity contribution in [3.05, 3.63) is 24.0 Å². The van der Waals surface area contributed by atoms with Crippen LogP contribution >= 0.6 is 12.2 Å². The molecule has 1 aromatic carbocycles. The molecule has 0 saturated heterocycles. The number of halogens is 1. The van der Waals surface area contributed by atoms with Crippen LogP contribution in [0.25, 0.3) is 0 Å². The summed E-state index contributed by atoms with van der Waals surface area (Å²) >= 11 is 4.83. The van der Waals surface area contributed by atoms with Gasteiger partial charge in [0.05, 0.1) is 17.0 Å². The molecule has 3 N–H and O–H groups in total. The quantitative estimate of drug-likeness (QED) is 0.815. The van der Waals surface area contributed by atoms with Crippen molar-refractivity contribution in [2.24, 2.45) is 11.1 Å². The third-order valence-electron chi connectivity index (χ3n) is 2.67. The fraction of sp³-hybridized carbons (Fsp3) is 0.385. The zero-order valence-electron chi connectivity index (χ0n) is 11.1. The maximum absolute atomic E-state index is 13.6. The number of hydrogen-bond donors (Lipinski definition) is 2. The number of benzene rings is 1. The average Bonchev–Trinajstić information content (AvgIpc) is 2.32. The standard InChI is InChI=1S/C13H17FN2O2S/c1-4-18-10-6-5-8(7-9(10)14)16-12(17)13(2,3)11(15)19/h5-7H,4H2,1-3H3,(H2,15,19)(H,16,17). The molecule has 0 aliphatic heterocycles. The third kappa shape index (κ3) is 3.64. The van der Waals surface area contributed by atoms with Crippen LogP contribution in [0, 0.1) is 11.2 Å². The molecule has 0 atom stereocenters. The Morgan fingerprint density at radius 1 is 1.53 bits per heavy atom. The van der Waals surface area contributed by atoms with E-state index in [0.717, 1.165) is 0 Å². The monoisotopic (exact) mass is 284 g/mol. The highest BCUT2D eigenvalue weighted by molar-refractivity contribution is 7.80. The van der Waals surface area contributed by atoms with Gasteiger partial charge in [-0.15, -0.1) is 0 Å².